The molecule has 2 heterocycles. The van der Waals surface area contributed by atoms with Crippen LogP contribution >= 0.6 is 0 Å². The van der Waals surface area contributed by atoms with Crippen LogP contribution in [-0.4, -0.2) is 40.7 Å². The number of aromatic nitrogens is 3. The van der Waals surface area contributed by atoms with Gasteiger partial charge in [0.2, 0.25) is 0 Å². The minimum Gasteiger partial charge on any atom is -0.493 e. The van der Waals surface area contributed by atoms with E-state index in [2.05, 4.69) is 33.4 Å². The third kappa shape index (κ3) is 3.50. The van der Waals surface area contributed by atoms with Crippen molar-refractivity contribution >= 4 is 10.9 Å². The van der Waals surface area contributed by atoms with Crippen molar-refractivity contribution in [2.75, 3.05) is 20.8 Å². The summed E-state index contributed by atoms with van der Waals surface area (Å²) in [6, 6.07) is 21.6. The number of ether oxygens (including phenoxy) is 2. The van der Waals surface area contributed by atoms with Gasteiger partial charge in [-0.1, -0.05) is 47.7 Å². The quantitative estimate of drug-likeness (QED) is 0.485. The molecule has 162 valence electrons. The summed E-state index contributed by atoms with van der Waals surface area (Å²) in [6.07, 6.45) is 0.828. The summed E-state index contributed by atoms with van der Waals surface area (Å²) >= 11 is 0. The van der Waals surface area contributed by atoms with Crippen molar-refractivity contribution in [1.29, 1.82) is 0 Å². The zero-order valence-corrected chi connectivity index (χ0v) is 18.1. The Bertz CT molecular complexity index is 1320. The number of fused-ring (bicyclic) bond motifs is 2. The van der Waals surface area contributed by atoms with E-state index < -0.39 is 0 Å². The van der Waals surface area contributed by atoms with Gasteiger partial charge >= 0.3 is 0 Å². The Hall–Kier alpha value is -3.71. The molecule has 1 atom stereocenters. The van der Waals surface area contributed by atoms with Crippen molar-refractivity contribution in [1.82, 2.24) is 19.9 Å². The monoisotopic (exact) mass is 428 g/mol. The van der Waals surface area contributed by atoms with Gasteiger partial charge in [-0.15, -0.1) is 5.10 Å². The first kappa shape index (κ1) is 20.2. The van der Waals surface area contributed by atoms with Crippen molar-refractivity contribution in [3.8, 4) is 11.5 Å². The minimum atomic E-state index is -0.138. The first-order valence-corrected chi connectivity index (χ1v) is 10.6. The fourth-order valence-corrected chi connectivity index (χ4v) is 4.46. The average molecular weight is 428 g/mol. The first-order chi connectivity index (χ1) is 15.7. The predicted molar refractivity (Wildman–Crippen MR) is 122 cm³/mol. The average Bonchev–Trinajstić information content (AvgIpc) is 2.85. The molecule has 4 aromatic rings. The lowest BCUT2D eigenvalue weighted by atomic mass is 9.88. The molecular formula is C25H24N4O3. The normalized spacial score (nSPS) is 16.0. The van der Waals surface area contributed by atoms with E-state index in [1.165, 1.54) is 10.2 Å². The van der Waals surface area contributed by atoms with Gasteiger partial charge in [0, 0.05) is 6.54 Å². The van der Waals surface area contributed by atoms with Gasteiger partial charge in [-0.05, 0) is 47.4 Å². The molecule has 1 unspecified atom stereocenters. The molecule has 32 heavy (non-hydrogen) atoms. The Labute approximate surface area is 185 Å². The molecule has 0 saturated carbocycles. The van der Waals surface area contributed by atoms with E-state index in [1.54, 1.807) is 26.4 Å². The molecule has 1 aliphatic heterocycles. The summed E-state index contributed by atoms with van der Waals surface area (Å²) in [7, 11) is 3.30. The van der Waals surface area contributed by atoms with Gasteiger partial charge in [0.15, 0.2) is 11.5 Å². The molecule has 0 saturated heterocycles. The van der Waals surface area contributed by atoms with Crippen LogP contribution in [0.15, 0.2) is 71.5 Å². The highest BCUT2D eigenvalue weighted by Gasteiger charge is 2.31. The van der Waals surface area contributed by atoms with E-state index in [-0.39, 0.29) is 11.6 Å². The van der Waals surface area contributed by atoms with Gasteiger partial charge in [0.05, 0.1) is 32.3 Å². The third-order valence-electron chi connectivity index (χ3n) is 6.03. The van der Waals surface area contributed by atoms with Crippen LogP contribution in [0.4, 0.5) is 0 Å². The van der Waals surface area contributed by atoms with Crippen molar-refractivity contribution in [3.05, 3.63) is 93.8 Å². The molecule has 1 aromatic heterocycles. The predicted octanol–water partition coefficient (Wildman–Crippen LogP) is 3.41. The summed E-state index contributed by atoms with van der Waals surface area (Å²) in [5.74, 6) is 1.42. The second-order valence-corrected chi connectivity index (χ2v) is 7.83. The van der Waals surface area contributed by atoms with E-state index in [0.29, 0.717) is 23.3 Å². The summed E-state index contributed by atoms with van der Waals surface area (Å²) in [5.41, 5.74) is 3.96. The highest BCUT2D eigenvalue weighted by molar-refractivity contribution is 5.76. The van der Waals surface area contributed by atoms with E-state index in [0.717, 1.165) is 29.8 Å². The molecule has 0 aliphatic carbocycles. The van der Waals surface area contributed by atoms with Crippen LogP contribution in [0.2, 0.25) is 0 Å². The maximum Gasteiger partial charge on any atom is 0.278 e. The van der Waals surface area contributed by atoms with Gasteiger partial charge in [-0.2, -0.15) is 4.68 Å². The number of benzene rings is 3. The SMILES string of the molecule is COc1cc2c(cc1OC)C(c1ccccc1)N(Cn1nnc3ccccc3c1=O)CC2. The molecule has 0 bridgehead atoms. The number of nitrogens with zero attached hydrogens (tertiary/aromatic N) is 4. The molecule has 0 radical (unpaired) electrons. The molecule has 0 amide bonds. The first-order valence-electron chi connectivity index (χ1n) is 10.6. The van der Waals surface area contributed by atoms with Crippen LogP contribution in [0.1, 0.15) is 22.7 Å². The zero-order valence-electron chi connectivity index (χ0n) is 18.1. The van der Waals surface area contributed by atoms with Crippen molar-refractivity contribution in [3.63, 3.8) is 0 Å². The smallest absolute Gasteiger partial charge is 0.278 e. The van der Waals surface area contributed by atoms with Gasteiger partial charge in [-0.25, -0.2) is 0 Å². The lowest BCUT2D eigenvalue weighted by Gasteiger charge is -2.37. The Morgan fingerprint density at radius 1 is 0.969 bits per heavy atom. The van der Waals surface area contributed by atoms with Crippen LogP contribution in [-0.2, 0) is 13.1 Å². The van der Waals surface area contributed by atoms with Crippen LogP contribution < -0.4 is 15.0 Å². The second-order valence-electron chi connectivity index (χ2n) is 7.83. The fourth-order valence-electron chi connectivity index (χ4n) is 4.46. The molecule has 0 N–H and O–H groups in total. The Balaban J connectivity index is 1.60. The Morgan fingerprint density at radius 3 is 2.47 bits per heavy atom. The lowest BCUT2D eigenvalue weighted by molar-refractivity contribution is 0.150. The second kappa shape index (κ2) is 8.43. The zero-order chi connectivity index (χ0) is 22.1. The molecule has 7 nitrogen and oxygen atoms in total. The van der Waals surface area contributed by atoms with Crippen molar-refractivity contribution < 1.29 is 9.47 Å². The highest BCUT2D eigenvalue weighted by atomic mass is 16.5. The lowest BCUT2D eigenvalue weighted by Crippen LogP contribution is -2.41. The van der Waals surface area contributed by atoms with E-state index >= 15 is 0 Å². The van der Waals surface area contributed by atoms with E-state index in [9.17, 15) is 4.79 Å². The molecule has 1 aliphatic rings. The maximum atomic E-state index is 13.1. The van der Waals surface area contributed by atoms with Gasteiger partial charge in [-0.3, -0.25) is 9.69 Å². The summed E-state index contributed by atoms with van der Waals surface area (Å²) in [5, 5.41) is 9.03. The number of rotatable bonds is 5. The summed E-state index contributed by atoms with van der Waals surface area (Å²) in [4.78, 5) is 15.3. The van der Waals surface area contributed by atoms with Crippen LogP contribution in [0, 0.1) is 0 Å². The van der Waals surface area contributed by atoms with Gasteiger partial charge in [0.25, 0.3) is 5.56 Å². The van der Waals surface area contributed by atoms with E-state index in [1.807, 2.05) is 36.4 Å². The van der Waals surface area contributed by atoms with Gasteiger partial charge in [0.1, 0.15) is 5.52 Å². The summed E-state index contributed by atoms with van der Waals surface area (Å²) < 4.78 is 12.6. The van der Waals surface area contributed by atoms with Gasteiger partial charge < -0.3 is 9.47 Å². The van der Waals surface area contributed by atoms with E-state index in [4.69, 9.17) is 9.47 Å². The Kier molecular flexibility index (Phi) is 5.33. The molecule has 0 spiro atoms. The van der Waals surface area contributed by atoms with Crippen molar-refractivity contribution in [2.45, 2.75) is 19.1 Å². The molecular weight excluding hydrogens is 404 g/mol. The third-order valence-corrected chi connectivity index (χ3v) is 6.03. The van der Waals surface area contributed by atoms with Crippen LogP contribution in [0.25, 0.3) is 10.9 Å². The van der Waals surface area contributed by atoms with Crippen LogP contribution in [0.5, 0.6) is 11.5 Å². The minimum absolute atomic E-state index is 0.0556. The maximum absolute atomic E-state index is 13.1. The highest BCUT2D eigenvalue weighted by Crippen LogP contribution is 2.41. The molecule has 3 aromatic carbocycles. The topological polar surface area (TPSA) is 69.5 Å². The molecule has 5 rings (SSSR count). The molecule has 0 fully saturated rings. The number of hydrogen-bond donors (Lipinski definition) is 0. The molecule has 7 heteroatoms. The Morgan fingerprint density at radius 2 is 1.69 bits per heavy atom. The standard InChI is InChI=1S/C25H24N4O3/c1-31-22-14-18-12-13-28(16-29-25(30)19-10-6-7-11-21(19)26-27-29)24(17-8-4-3-5-9-17)20(18)15-23(22)32-2/h3-11,14-15,24H,12-13,16H2,1-2H3. The van der Waals surface area contributed by atoms with Crippen LogP contribution in [0.3, 0.4) is 0 Å². The number of methoxy groups -OCH3 is 2. The van der Waals surface area contributed by atoms with Crippen molar-refractivity contribution in [2.24, 2.45) is 0 Å². The largest absolute Gasteiger partial charge is 0.493 e. The summed E-state index contributed by atoms with van der Waals surface area (Å²) in [6.45, 7) is 1.10. The fraction of sp³-hybridized carbons (Fsp3) is 0.240. The number of hydrogen-bond acceptors (Lipinski definition) is 6.